The number of carbonyl (C=O) groups is 3. The molecule has 144 valence electrons. The summed E-state index contributed by atoms with van der Waals surface area (Å²) >= 11 is 0. The van der Waals surface area contributed by atoms with E-state index in [-0.39, 0.29) is 6.04 Å². The first-order valence-corrected chi connectivity index (χ1v) is 8.39. The van der Waals surface area contributed by atoms with Crippen molar-refractivity contribution in [2.24, 2.45) is 0 Å². The fourth-order valence-corrected chi connectivity index (χ4v) is 2.46. The molecule has 8 heteroatoms. The van der Waals surface area contributed by atoms with Crippen molar-refractivity contribution < 1.29 is 28.6 Å². The number of esters is 1. The number of ether oxygens (including phenoxy) is 3. The van der Waals surface area contributed by atoms with Gasteiger partial charge >= 0.3 is 18.2 Å². The summed E-state index contributed by atoms with van der Waals surface area (Å²) in [4.78, 5) is 37.5. The zero-order valence-corrected chi connectivity index (χ0v) is 16.4. The third-order valence-corrected chi connectivity index (χ3v) is 3.44. The van der Waals surface area contributed by atoms with E-state index in [0.717, 1.165) is 10.0 Å². The SMILES string of the molecule is COC(=O)C1CC[C@H](C)N(C(=O)OC(C)(C)C)N1C(=O)OC(C)(C)C. The van der Waals surface area contributed by atoms with Gasteiger partial charge in [0.1, 0.15) is 11.2 Å². The van der Waals surface area contributed by atoms with Crippen LogP contribution < -0.4 is 0 Å². The monoisotopic (exact) mass is 358 g/mol. The average molecular weight is 358 g/mol. The van der Waals surface area contributed by atoms with E-state index in [0.29, 0.717) is 12.8 Å². The Hall–Kier alpha value is -1.99. The number of hydrogen-bond donors (Lipinski definition) is 0. The number of amides is 2. The largest absolute Gasteiger partial charge is 0.467 e. The minimum absolute atomic E-state index is 0.330. The third kappa shape index (κ3) is 5.79. The zero-order chi connectivity index (χ0) is 19.6. The molecule has 0 aromatic rings. The van der Waals surface area contributed by atoms with Crippen molar-refractivity contribution in [2.45, 2.75) is 84.6 Å². The number of nitrogens with zero attached hydrogens (tertiary/aromatic N) is 2. The normalized spacial score (nSPS) is 21.6. The van der Waals surface area contributed by atoms with E-state index in [1.54, 1.807) is 48.5 Å². The highest BCUT2D eigenvalue weighted by Crippen LogP contribution is 2.28. The Kier molecular flexibility index (Phi) is 6.31. The molecule has 0 aromatic carbocycles. The zero-order valence-electron chi connectivity index (χ0n) is 16.4. The average Bonchev–Trinajstić information content (AvgIpc) is 2.42. The molecule has 1 aliphatic heterocycles. The van der Waals surface area contributed by atoms with Gasteiger partial charge in [-0.3, -0.25) is 0 Å². The minimum atomic E-state index is -0.941. The van der Waals surface area contributed by atoms with Crippen molar-refractivity contribution in [3.05, 3.63) is 0 Å². The first kappa shape index (κ1) is 21.1. The molecular weight excluding hydrogens is 328 g/mol. The van der Waals surface area contributed by atoms with Gasteiger partial charge in [0.15, 0.2) is 6.04 Å². The molecule has 0 bridgehead atoms. The highest BCUT2D eigenvalue weighted by molar-refractivity contribution is 5.83. The number of methoxy groups -OCH3 is 1. The van der Waals surface area contributed by atoms with E-state index in [1.807, 2.05) is 0 Å². The van der Waals surface area contributed by atoms with E-state index < -0.39 is 35.4 Å². The Morgan fingerprint density at radius 3 is 1.68 bits per heavy atom. The van der Waals surface area contributed by atoms with Crippen LogP contribution in [0.15, 0.2) is 0 Å². The Labute approximate surface area is 149 Å². The van der Waals surface area contributed by atoms with Crippen molar-refractivity contribution in [1.29, 1.82) is 0 Å². The van der Waals surface area contributed by atoms with Crippen LogP contribution in [0.5, 0.6) is 0 Å². The van der Waals surface area contributed by atoms with Gasteiger partial charge in [0.25, 0.3) is 0 Å². The summed E-state index contributed by atoms with van der Waals surface area (Å²) in [5, 5.41) is 2.18. The minimum Gasteiger partial charge on any atom is -0.467 e. The molecule has 2 amide bonds. The van der Waals surface area contributed by atoms with E-state index in [2.05, 4.69) is 0 Å². The lowest BCUT2D eigenvalue weighted by molar-refractivity contribution is -0.163. The predicted molar refractivity (Wildman–Crippen MR) is 90.6 cm³/mol. The van der Waals surface area contributed by atoms with Crippen LogP contribution in [0.1, 0.15) is 61.3 Å². The van der Waals surface area contributed by atoms with Gasteiger partial charge in [-0.25, -0.2) is 19.4 Å². The van der Waals surface area contributed by atoms with E-state index in [1.165, 1.54) is 7.11 Å². The van der Waals surface area contributed by atoms with Crippen LogP contribution in [0.3, 0.4) is 0 Å². The van der Waals surface area contributed by atoms with E-state index >= 15 is 0 Å². The molecule has 1 rings (SSSR count). The molecule has 1 unspecified atom stereocenters. The standard InChI is InChI=1S/C17H30N2O6/c1-11-9-10-12(13(20)23-8)19(15(22)25-17(5,6)7)18(11)14(21)24-16(2,3)4/h11-12H,9-10H2,1-8H3/t11-,12?/m0/s1. The lowest BCUT2D eigenvalue weighted by Crippen LogP contribution is -2.64. The highest BCUT2D eigenvalue weighted by Gasteiger charge is 2.46. The molecular formula is C17H30N2O6. The molecule has 0 aromatic heterocycles. The third-order valence-electron chi connectivity index (χ3n) is 3.44. The molecule has 1 aliphatic rings. The summed E-state index contributed by atoms with van der Waals surface area (Å²) < 4.78 is 15.6. The second-order valence-corrected chi connectivity index (χ2v) is 8.12. The van der Waals surface area contributed by atoms with Crippen LogP contribution in [0.4, 0.5) is 9.59 Å². The molecule has 25 heavy (non-hydrogen) atoms. The molecule has 0 radical (unpaired) electrons. The van der Waals surface area contributed by atoms with Crippen molar-refractivity contribution >= 4 is 18.2 Å². The van der Waals surface area contributed by atoms with Gasteiger partial charge in [-0.2, -0.15) is 5.01 Å². The number of carbonyl (C=O) groups excluding carboxylic acids is 3. The Morgan fingerprint density at radius 2 is 1.28 bits per heavy atom. The van der Waals surface area contributed by atoms with Crippen LogP contribution in [0.25, 0.3) is 0 Å². The lowest BCUT2D eigenvalue weighted by Gasteiger charge is -2.45. The maximum atomic E-state index is 12.7. The number of hydrazine groups is 1. The summed E-state index contributed by atoms with van der Waals surface area (Å²) in [5.41, 5.74) is -1.52. The van der Waals surface area contributed by atoms with Gasteiger partial charge in [-0.1, -0.05) is 0 Å². The Bertz CT molecular complexity index is 520. The summed E-state index contributed by atoms with van der Waals surface area (Å²) in [6, 6.07) is -1.27. The van der Waals surface area contributed by atoms with Crippen molar-refractivity contribution in [2.75, 3.05) is 7.11 Å². The predicted octanol–water partition coefficient (Wildman–Crippen LogP) is 3.10. The van der Waals surface area contributed by atoms with E-state index in [9.17, 15) is 14.4 Å². The van der Waals surface area contributed by atoms with Gasteiger partial charge in [-0.15, -0.1) is 0 Å². The maximum Gasteiger partial charge on any atom is 0.430 e. The fourth-order valence-electron chi connectivity index (χ4n) is 2.46. The molecule has 8 nitrogen and oxygen atoms in total. The van der Waals surface area contributed by atoms with Crippen molar-refractivity contribution in [1.82, 2.24) is 10.0 Å². The highest BCUT2D eigenvalue weighted by atomic mass is 16.6. The Balaban J connectivity index is 3.23. The van der Waals surface area contributed by atoms with Gasteiger partial charge < -0.3 is 14.2 Å². The molecule has 1 saturated heterocycles. The maximum absolute atomic E-state index is 12.7. The molecule has 1 heterocycles. The van der Waals surface area contributed by atoms with Crippen LogP contribution in [-0.4, -0.2) is 58.6 Å². The second-order valence-electron chi connectivity index (χ2n) is 8.12. The molecule has 1 fully saturated rings. The van der Waals surface area contributed by atoms with Gasteiger partial charge in [0.2, 0.25) is 0 Å². The first-order valence-electron chi connectivity index (χ1n) is 8.39. The van der Waals surface area contributed by atoms with Crippen LogP contribution >= 0.6 is 0 Å². The summed E-state index contributed by atoms with van der Waals surface area (Å²) in [5.74, 6) is -0.605. The van der Waals surface area contributed by atoms with Gasteiger partial charge in [0.05, 0.1) is 13.2 Å². The molecule has 0 saturated carbocycles. The van der Waals surface area contributed by atoms with Gasteiger partial charge in [0, 0.05) is 0 Å². The molecule has 0 spiro atoms. The van der Waals surface area contributed by atoms with Crippen molar-refractivity contribution in [3.63, 3.8) is 0 Å². The molecule has 0 aliphatic carbocycles. The lowest BCUT2D eigenvalue weighted by atomic mass is 10.0. The van der Waals surface area contributed by atoms with Crippen molar-refractivity contribution in [3.8, 4) is 0 Å². The topological polar surface area (TPSA) is 85.4 Å². The number of hydrogen-bond acceptors (Lipinski definition) is 6. The summed E-state index contributed by atoms with van der Waals surface area (Å²) in [7, 11) is 1.24. The smallest absolute Gasteiger partial charge is 0.430 e. The molecule has 2 atom stereocenters. The van der Waals surface area contributed by atoms with Crippen LogP contribution in [0.2, 0.25) is 0 Å². The number of rotatable bonds is 1. The quantitative estimate of drug-likeness (QED) is 0.529. The van der Waals surface area contributed by atoms with E-state index in [4.69, 9.17) is 14.2 Å². The first-order chi connectivity index (χ1) is 11.3. The molecule has 0 N–H and O–H groups in total. The van der Waals surface area contributed by atoms with Crippen LogP contribution in [0, 0.1) is 0 Å². The summed E-state index contributed by atoms with van der Waals surface area (Å²) in [6.07, 6.45) is -0.607. The fraction of sp³-hybridized carbons (Fsp3) is 0.824. The second kappa shape index (κ2) is 7.49. The van der Waals surface area contributed by atoms with Gasteiger partial charge in [-0.05, 0) is 61.3 Å². The Morgan fingerprint density at radius 1 is 0.840 bits per heavy atom. The van der Waals surface area contributed by atoms with Crippen LogP contribution in [-0.2, 0) is 19.0 Å². The summed E-state index contributed by atoms with van der Waals surface area (Å²) in [6.45, 7) is 12.1.